The molecule has 0 saturated carbocycles. The molecule has 3 heterocycles. The van der Waals surface area contributed by atoms with E-state index >= 15 is 0 Å². The third-order valence-electron chi connectivity index (χ3n) is 4.60. The lowest BCUT2D eigenvalue weighted by atomic mass is 10.0. The predicted molar refractivity (Wildman–Crippen MR) is 81.0 cm³/mol. The largest absolute Gasteiger partial charge is 0.341 e. The number of ether oxygens (including phenoxy) is 2. The number of rotatable bonds is 5. The van der Waals surface area contributed by atoms with Crippen molar-refractivity contribution in [2.75, 3.05) is 6.61 Å². The number of hydrogen-bond acceptors (Lipinski definition) is 3. The molecule has 0 amide bonds. The molecule has 2 aliphatic heterocycles. The normalized spacial score (nSPS) is 27.2. The highest BCUT2D eigenvalue weighted by Gasteiger charge is 2.50. The zero-order valence-electron chi connectivity index (χ0n) is 12.5. The molecule has 2 atom stereocenters. The molecule has 4 rings (SSSR count). The van der Waals surface area contributed by atoms with Gasteiger partial charge in [-0.2, -0.15) is 0 Å². The Hall–Kier alpha value is -1.39. The Kier molecular flexibility index (Phi) is 3.23. The number of para-hydroxylation sites is 2. The van der Waals surface area contributed by atoms with Crippen LogP contribution in [-0.4, -0.2) is 22.3 Å². The van der Waals surface area contributed by atoms with Crippen molar-refractivity contribution in [3.63, 3.8) is 0 Å². The summed E-state index contributed by atoms with van der Waals surface area (Å²) in [4.78, 5) is 4.82. The van der Waals surface area contributed by atoms with Crippen LogP contribution in [-0.2, 0) is 21.8 Å². The fourth-order valence-corrected chi connectivity index (χ4v) is 3.55. The molecule has 112 valence electrons. The van der Waals surface area contributed by atoms with E-state index in [4.69, 9.17) is 14.5 Å². The van der Waals surface area contributed by atoms with Crippen molar-refractivity contribution in [2.24, 2.45) is 0 Å². The summed E-state index contributed by atoms with van der Waals surface area (Å²) in [7, 11) is 0. The highest BCUT2D eigenvalue weighted by atomic mass is 16.7. The Balaban J connectivity index is 1.69. The van der Waals surface area contributed by atoms with Gasteiger partial charge in [0.05, 0.1) is 24.2 Å². The molecule has 0 aliphatic carbocycles. The van der Waals surface area contributed by atoms with E-state index in [-0.39, 0.29) is 6.10 Å². The molecule has 0 radical (unpaired) electrons. The van der Waals surface area contributed by atoms with E-state index in [9.17, 15) is 0 Å². The van der Waals surface area contributed by atoms with E-state index < -0.39 is 5.79 Å². The summed E-state index contributed by atoms with van der Waals surface area (Å²) < 4.78 is 14.6. The SMILES string of the molecule is CCCCCCC12OCC(Cn3c1nc1ccccc13)O2. The molecule has 2 bridgehead atoms. The standard InChI is InChI=1S/C17H22N2O2/c1-2-3-4-7-10-17-16-18-14-8-5-6-9-15(14)19(16)11-13(21-17)12-20-17/h5-6,8-9,13H,2-4,7,10-12H2,1H3. The Morgan fingerprint density at radius 3 is 3.10 bits per heavy atom. The number of nitrogens with zero attached hydrogens (tertiary/aromatic N) is 2. The maximum Gasteiger partial charge on any atom is 0.229 e. The molecule has 2 aliphatic rings. The Bertz CT molecular complexity index is 651. The first-order valence-electron chi connectivity index (χ1n) is 8.10. The van der Waals surface area contributed by atoms with Crippen molar-refractivity contribution in [1.82, 2.24) is 9.55 Å². The van der Waals surface area contributed by atoms with Crippen molar-refractivity contribution in [3.8, 4) is 0 Å². The van der Waals surface area contributed by atoms with Crippen LogP contribution in [0.25, 0.3) is 11.0 Å². The van der Waals surface area contributed by atoms with Gasteiger partial charge >= 0.3 is 0 Å². The Morgan fingerprint density at radius 2 is 2.19 bits per heavy atom. The molecular weight excluding hydrogens is 264 g/mol. The van der Waals surface area contributed by atoms with Crippen LogP contribution in [0, 0.1) is 0 Å². The number of hydrogen-bond donors (Lipinski definition) is 0. The second-order valence-electron chi connectivity index (χ2n) is 6.15. The molecule has 2 aromatic rings. The van der Waals surface area contributed by atoms with Crippen molar-refractivity contribution in [1.29, 1.82) is 0 Å². The average Bonchev–Trinajstić information content (AvgIpc) is 3.05. The summed E-state index contributed by atoms with van der Waals surface area (Å²) in [6, 6.07) is 8.32. The second kappa shape index (κ2) is 5.11. The number of unbranched alkanes of at least 4 members (excludes halogenated alkanes) is 3. The predicted octanol–water partition coefficient (Wildman–Crippen LogP) is 3.59. The van der Waals surface area contributed by atoms with Gasteiger partial charge in [0.25, 0.3) is 0 Å². The van der Waals surface area contributed by atoms with Crippen LogP contribution in [0.15, 0.2) is 24.3 Å². The summed E-state index contributed by atoms with van der Waals surface area (Å²) in [5, 5.41) is 0. The van der Waals surface area contributed by atoms with Crippen molar-refractivity contribution in [2.45, 2.75) is 57.5 Å². The van der Waals surface area contributed by atoms with Crippen molar-refractivity contribution < 1.29 is 9.47 Å². The summed E-state index contributed by atoms with van der Waals surface area (Å²) in [5.74, 6) is 0.365. The summed E-state index contributed by atoms with van der Waals surface area (Å²) in [5.41, 5.74) is 2.24. The number of fused-ring (bicyclic) bond motifs is 6. The zero-order chi connectivity index (χ0) is 14.3. The number of benzene rings is 1. The molecule has 1 saturated heterocycles. The van der Waals surface area contributed by atoms with Crippen molar-refractivity contribution in [3.05, 3.63) is 30.1 Å². The third-order valence-corrected chi connectivity index (χ3v) is 4.60. The van der Waals surface area contributed by atoms with Gasteiger partial charge in [0.1, 0.15) is 6.10 Å². The fourth-order valence-electron chi connectivity index (χ4n) is 3.55. The first kappa shape index (κ1) is 13.3. The van der Waals surface area contributed by atoms with Crippen LogP contribution in [0.5, 0.6) is 0 Å². The summed E-state index contributed by atoms with van der Waals surface area (Å²) in [6.45, 7) is 3.77. The van der Waals surface area contributed by atoms with Crippen LogP contribution in [0.4, 0.5) is 0 Å². The van der Waals surface area contributed by atoms with Gasteiger partial charge in [-0.25, -0.2) is 4.98 Å². The maximum absolute atomic E-state index is 6.22. The molecule has 1 fully saturated rings. The van der Waals surface area contributed by atoms with E-state index in [0.29, 0.717) is 6.61 Å². The van der Waals surface area contributed by atoms with E-state index in [1.165, 1.54) is 24.8 Å². The highest BCUT2D eigenvalue weighted by molar-refractivity contribution is 5.76. The molecule has 21 heavy (non-hydrogen) atoms. The summed E-state index contributed by atoms with van der Waals surface area (Å²) >= 11 is 0. The van der Waals surface area contributed by atoms with Gasteiger partial charge in [0, 0.05) is 6.42 Å². The minimum atomic E-state index is -0.602. The topological polar surface area (TPSA) is 36.3 Å². The van der Waals surface area contributed by atoms with Crippen LogP contribution < -0.4 is 0 Å². The molecule has 1 aromatic carbocycles. The molecule has 4 heteroatoms. The van der Waals surface area contributed by atoms with Gasteiger partial charge in [0.2, 0.25) is 5.79 Å². The van der Waals surface area contributed by atoms with Gasteiger partial charge in [-0.3, -0.25) is 0 Å². The minimum absolute atomic E-state index is 0.168. The van der Waals surface area contributed by atoms with Crippen LogP contribution in [0.2, 0.25) is 0 Å². The smallest absolute Gasteiger partial charge is 0.229 e. The minimum Gasteiger partial charge on any atom is -0.341 e. The van der Waals surface area contributed by atoms with Crippen LogP contribution >= 0.6 is 0 Å². The first-order chi connectivity index (χ1) is 10.3. The third kappa shape index (κ3) is 2.09. The van der Waals surface area contributed by atoms with Gasteiger partial charge < -0.3 is 14.0 Å². The van der Waals surface area contributed by atoms with Crippen molar-refractivity contribution >= 4 is 11.0 Å². The monoisotopic (exact) mass is 286 g/mol. The zero-order valence-corrected chi connectivity index (χ0v) is 12.5. The van der Waals surface area contributed by atoms with Gasteiger partial charge in [-0.05, 0) is 18.6 Å². The Labute approximate surface area is 125 Å². The second-order valence-corrected chi connectivity index (χ2v) is 6.15. The molecule has 4 nitrogen and oxygen atoms in total. The van der Waals surface area contributed by atoms with E-state index in [0.717, 1.165) is 30.7 Å². The van der Waals surface area contributed by atoms with E-state index in [1.807, 2.05) is 6.07 Å². The van der Waals surface area contributed by atoms with E-state index in [2.05, 4.69) is 29.7 Å². The van der Waals surface area contributed by atoms with Gasteiger partial charge in [-0.15, -0.1) is 0 Å². The molecular formula is C17H22N2O2. The maximum atomic E-state index is 6.22. The highest BCUT2D eigenvalue weighted by Crippen LogP contribution is 2.43. The lowest BCUT2D eigenvalue weighted by Crippen LogP contribution is -2.37. The number of aromatic nitrogens is 2. The molecule has 1 aromatic heterocycles. The quantitative estimate of drug-likeness (QED) is 0.788. The molecule has 0 N–H and O–H groups in total. The molecule has 2 unspecified atom stereocenters. The number of imidazole rings is 1. The Morgan fingerprint density at radius 1 is 1.29 bits per heavy atom. The van der Waals surface area contributed by atoms with Crippen LogP contribution in [0.1, 0.15) is 44.9 Å². The van der Waals surface area contributed by atoms with Gasteiger partial charge in [-0.1, -0.05) is 38.3 Å². The van der Waals surface area contributed by atoms with Crippen LogP contribution in [0.3, 0.4) is 0 Å². The lowest BCUT2D eigenvalue weighted by Gasteiger charge is -2.32. The van der Waals surface area contributed by atoms with Gasteiger partial charge in [0.15, 0.2) is 5.82 Å². The molecule has 0 spiro atoms. The first-order valence-corrected chi connectivity index (χ1v) is 8.10. The fraction of sp³-hybridized carbons (Fsp3) is 0.588. The van der Waals surface area contributed by atoms with E-state index in [1.54, 1.807) is 0 Å². The average molecular weight is 286 g/mol. The summed E-state index contributed by atoms with van der Waals surface area (Å²) in [6.07, 6.45) is 5.96. The lowest BCUT2D eigenvalue weighted by molar-refractivity contribution is -0.201.